The van der Waals surface area contributed by atoms with Gasteiger partial charge in [-0.25, -0.2) is 0 Å². The Balaban J connectivity index is 2.53. The zero-order chi connectivity index (χ0) is 13.4. The Morgan fingerprint density at radius 1 is 1.33 bits per heavy atom. The molecule has 1 aromatic carbocycles. The van der Waals surface area contributed by atoms with Crippen LogP contribution in [0.25, 0.3) is 0 Å². The molecule has 18 heavy (non-hydrogen) atoms. The summed E-state index contributed by atoms with van der Waals surface area (Å²) in [5.74, 6) is 0.785. The van der Waals surface area contributed by atoms with Gasteiger partial charge in [0, 0.05) is 0 Å². The maximum Gasteiger partial charge on any atom is 0.309 e. The molecule has 0 aliphatic heterocycles. The van der Waals surface area contributed by atoms with Crippen molar-refractivity contribution in [2.75, 3.05) is 20.3 Å². The molecular formula is C13H18O5. The highest BCUT2D eigenvalue weighted by molar-refractivity contribution is 5.69. The Morgan fingerprint density at radius 2 is 2.11 bits per heavy atom. The van der Waals surface area contributed by atoms with Crippen molar-refractivity contribution in [3.05, 3.63) is 23.8 Å². The standard InChI is InChI=1S/C13H18O5/c1-3-17-13(15)6-7-18-11-5-4-10(9-14)8-12(11)16-2/h4-5,8,14H,3,6-7,9H2,1-2H3. The van der Waals surface area contributed by atoms with E-state index in [1.54, 1.807) is 25.1 Å². The lowest BCUT2D eigenvalue weighted by Gasteiger charge is -2.11. The number of benzene rings is 1. The maximum atomic E-state index is 11.1. The van der Waals surface area contributed by atoms with Gasteiger partial charge in [0.25, 0.3) is 0 Å². The number of methoxy groups -OCH3 is 1. The molecule has 0 radical (unpaired) electrons. The summed E-state index contributed by atoms with van der Waals surface area (Å²) in [6, 6.07) is 5.14. The third-order valence-corrected chi connectivity index (χ3v) is 2.28. The predicted octanol–water partition coefficient (Wildman–Crippen LogP) is 1.52. The molecule has 100 valence electrons. The first-order valence-electron chi connectivity index (χ1n) is 5.77. The van der Waals surface area contributed by atoms with Gasteiger partial charge in [0.15, 0.2) is 11.5 Å². The number of hydrogen-bond acceptors (Lipinski definition) is 5. The molecule has 0 amide bonds. The highest BCUT2D eigenvalue weighted by atomic mass is 16.5. The fourth-order valence-electron chi connectivity index (χ4n) is 1.41. The van der Waals surface area contributed by atoms with E-state index in [0.717, 1.165) is 5.56 Å². The van der Waals surface area contributed by atoms with Crippen molar-refractivity contribution in [2.45, 2.75) is 20.0 Å². The van der Waals surface area contributed by atoms with Gasteiger partial charge in [-0.15, -0.1) is 0 Å². The molecule has 0 saturated carbocycles. The zero-order valence-electron chi connectivity index (χ0n) is 10.6. The molecular weight excluding hydrogens is 236 g/mol. The maximum absolute atomic E-state index is 11.1. The predicted molar refractivity (Wildman–Crippen MR) is 65.7 cm³/mol. The molecule has 0 saturated heterocycles. The number of ether oxygens (including phenoxy) is 3. The van der Waals surface area contributed by atoms with Gasteiger partial charge in [-0.05, 0) is 24.6 Å². The second-order valence-electron chi connectivity index (χ2n) is 3.55. The lowest BCUT2D eigenvalue weighted by atomic mass is 10.2. The number of rotatable bonds is 7. The zero-order valence-corrected chi connectivity index (χ0v) is 10.6. The summed E-state index contributed by atoms with van der Waals surface area (Å²) in [6.45, 7) is 2.30. The molecule has 0 fully saturated rings. The van der Waals surface area contributed by atoms with Crippen LogP contribution in [0.1, 0.15) is 18.9 Å². The van der Waals surface area contributed by atoms with Crippen LogP contribution in [0.4, 0.5) is 0 Å². The number of hydrogen-bond donors (Lipinski definition) is 1. The summed E-state index contributed by atoms with van der Waals surface area (Å²) in [5.41, 5.74) is 0.740. The first-order chi connectivity index (χ1) is 8.71. The Morgan fingerprint density at radius 3 is 2.72 bits per heavy atom. The van der Waals surface area contributed by atoms with Gasteiger partial charge >= 0.3 is 5.97 Å². The molecule has 0 atom stereocenters. The van der Waals surface area contributed by atoms with Crippen LogP contribution in [0.15, 0.2) is 18.2 Å². The molecule has 0 bridgehead atoms. The van der Waals surface area contributed by atoms with Crippen molar-refractivity contribution >= 4 is 5.97 Å². The number of aliphatic hydroxyl groups is 1. The van der Waals surface area contributed by atoms with Gasteiger partial charge in [0.2, 0.25) is 0 Å². The molecule has 5 heteroatoms. The number of aliphatic hydroxyl groups excluding tert-OH is 1. The Labute approximate surface area is 106 Å². The van der Waals surface area contributed by atoms with Crippen molar-refractivity contribution in [1.29, 1.82) is 0 Å². The van der Waals surface area contributed by atoms with Crippen molar-refractivity contribution in [2.24, 2.45) is 0 Å². The van der Waals surface area contributed by atoms with Crippen LogP contribution in [0.2, 0.25) is 0 Å². The third kappa shape index (κ3) is 4.25. The van der Waals surface area contributed by atoms with Crippen LogP contribution in [-0.4, -0.2) is 31.4 Å². The van der Waals surface area contributed by atoms with Crippen LogP contribution in [0.5, 0.6) is 11.5 Å². The van der Waals surface area contributed by atoms with E-state index < -0.39 is 0 Å². The minimum atomic E-state index is -0.288. The van der Waals surface area contributed by atoms with Crippen molar-refractivity contribution in [3.8, 4) is 11.5 Å². The molecule has 1 rings (SSSR count). The van der Waals surface area contributed by atoms with Crippen molar-refractivity contribution < 1.29 is 24.1 Å². The third-order valence-electron chi connectivity index (χ3n) is 2.28. The molecule has 0 heterocycles. The second-order valence-corrected chi connectivity index (χ2v) is 3.55. The number of carbonyl (C=O) groups excluding carboxylic acids is 1. The Bertz CT molecular complexity index is 389. The molecule has 0 aliphatic carbocycles. The van der Waals surface area contributed by atoms with Crippen LogP contribution < -0.4 is 9.47 Å². The van der Waals surface area contributed by atoms with Crippen LogP contribution in [0.3, 0.4) is 0 Å². The highest BCUT2D eigenvalue weighted by Gasteiger charge is 2.07. The first-order valence-corrected chi connectivity index (χ1v) is 5.77. The van der Waals surface area contributed by atoms with E-state index in [1.165, 1.54) is 7.11 Å². The minimum absolute atomic E-state index is 0.0561. The molecule has 0 aliphatic rings. The van der Waals surface area contributed by atoms with E-state index in [4.69, 9.17) is 19.3 Å². The summed E-state index contributed by atoms with van der Waals surface area (Å²) in [4.78, 5) is 11.1. The fraction of sp³-hybridized carbons (Fsp3) is 0.462. The van der Waals surface area contributed by atoms with Gasteiger partial charge < -0.3 is 19.3 Å². The molecule has 5 nitrogen and oxygen atoms in total. The number of esters is 1. The molecule has 1 N–H and O–H groups in total. The monoisotopic (exact) mass is 254 g/mol. The second kappa shape index (κ2) is 7.55. The Kier molecular flexibility index (Phi) is 6.00. The summed E-state index contributed by atoms with van der Waals surface area (Å²) in [7, 11) is 1.52. The summed E-state index contributed by atoms with van der Waals surface area (Å²) in [6.07, 6.45) is 0.193. The Hall–Kier alpha value is -1.75. The van der Waals surface area contributed by atoms with Crippen molar-refractivity contribution in [3.63, 3.8) is 0 Å². The SMILES string of the molecule is CCOC(=O)CCOc1ccc(CO)cc1OC. The quantitative estimate of drug-likeness (QED) is 0.747. The smallest absolute Gasteiger partial charge is 0.309 e. The number of carbonyl (C=O) groups is 1. The van der Waals surface area contributed by atoms with Gasteiger partial charge in [-0.2, -0.15) is 0 Å². The van der Waals surface area contributed by atoms with Crippen molar-refractivity contribution in [1.82, 2.24) is 0 Å². The lowest BCUT2D eigenvalue weighted by Crippen LogP contribution is -2.10. The molecule has 1 aromatic rings. The van der Waals surface area contributed by atoms with Crippen LogP contribution >= 0.6 is 0 Å². The lowest BCUT2D eigenvalue weighted by molar-refractivity contribution is -0.143. The van der Waals surface area contributed by atoms with Gasteiger partial charge in [-0.1, -0.05) is 6.07 Å². The summed E-state index contributed by atoms with van der Waals surface area (Å²) >= 11 is 0. The largest absolute Gasteiger partial charge is 0.493 e. The fourth-order valence-corrected chi connectivity index (χ4v) is 1.41. The van der Waals surface area contributed by atoms with Crippen LogP contribution in [-0.2, 0) is 16.1 Å². The van der Waals surface area contributed by atoms with E-state index >= 15 is 0 Å². The molecule has 0 unspecified atom stereocenters. The van der Waals surface area contributed by atoms with E-state index in [-0.39, 0.29) is 25.6 Å². The van der Waals surface area contributed by atoms with Gasteiger partial charge in [-0.3, -0.25) is 4.79 Å². The minimum Gasteiger partial charge on any atom is -0.493 e. The van der Waals surface area contributed by atoms with Gasteiger partial charge in [0.05, 0.1) is 33.4 Å². The van der Waals surface area contributed by atoms with Gasteiger partial charge in [0.1, 0.15) is 0 Å². The van der Waals surface area contributed by atoms with E-state index in [0.29, 0.717) is 18.1 Å². The summed E-state index contributed by atoms with van der Waals surface area (Å²) < 4.78 is 15.4. The normalized spacial score (nSPS) is 9.94. The van der Waals surface area contributed by atoms with E-state index in [9.17, 15) is 4.79 Å². The molecule has 0 aromatic heterocycles. The topological polar surface area (TPSA) is 65.0 Å². The summed E-state index contributed by atoms with van der Waals surface area (Å²) in [5, 5.41) is 9.00. The first kappa shape index (κ1) is 14.3. The molecule has 0 spiro atoms. The average molecular weight is 254 g/mol. The van der Waals surface area contributed by atoms with E-state index in [1.807, 2.05) is 0 Å². The average Bonchev–Trinajstić information content (AvgIpc) is 2.39. The van der Waals surface area contributed by atoms with Crippen LogP contribution in [0, 0.1) is 0 Å². The van der Waals surface area contributed by atoms with E-state index in [2.05, 4.69) is 0 Å². The highest BCUT2D eigenvalue weighted by Crippen LogP contribution is 2.28.